The fourth-order valence-corrected chi connectivity index (χ4v) is 2.59. The number of para-hydroxylation sites is 1. The van der Waals surface area contributed by atoms with E-state index in [-0.39, 0.29) is 35.6 Å². The maximum atomic E-state index is 12.2. The van der Waals surface area contributed by atoms with E-state index in [1.165, 1.54) is 18.2 Å². The van der Waals surface area contributed by atoms with Crippen LogP contribution in [0.4, 0.5) is 23.3 Å². The molecule has 0 saturated heterocycles. The normalized spacial score (nSPS) is 10.4. The van der Waals surface area contributed by atoms with Crippen molar-refractivity contribution in [2.75, 3.05) is 11.1 Å². The monoisotopic (exact) mass is 394 g/mol. The summed E-state index contributed by atoms with van der Waals surface area (Å²) in [6.07, 6.45) is 0.817. The maximum Gasteiger partial charge on any atom is 0.338 e. The van der Waals surface area contributed by atoms with Gasteiger partial charge in [-0.25, -0.2) is 4.79 Å². The molecule has 0 unspecified atom stereocenters. The second-order valence-corrected chi connectivity index (χ2v) is 5.95. The summed E-state index contributed by atoms with van der Waals surface area (Å²) < 4.78 is 5.16. The molecule has 0 spiro atoms. The summed E-state index contributed by atoms with van der Waals surface area (Å²) in [5, 5.41) is 13.9. The number of anilines is 3. The predicted molar refractivity (Wildman–Crippen MR) is 106 cm³/mol. The van der Waals surface area contributed by atoms with E-state index >= 15 is 0 Å². The first-order valence-corrected chi connectivity index (χ1v) is 8.73. The van der Waals surface area contributed by atoms with Crippen LogP contribution in [-0.4, -0.2) is 25.8 Å². The highest BCUT2D eigenvalue weighted by molar-refractivity contribution is 5.90. The lowest BCUT2D eigenvalue weighted by atomic mass is 10.1. The first-order valence-electron chi connectivity index (χ1n) is 8.73. The second kappa shape index (κ2) is 8.74. The van der Waals surface area contributed by atoms with Gasteiger partial charge in [0.1, 0.15) is 0 Å². The van der Waals surface area contributed by atoms with Gasteiger partial charge in [0.25, 0.3) is 5.69 Å². The number of aryl methyl sites for hydroxylation is 1. The molecule has 3 aromatic rings. The Morgan fingerprint density at radius 2 is 1.97 bits per heavy atom. The number of carbonyl (C=O) groups excluding carboxylic acids is 1. The summed E-state index contributed by atoms with van der Waals surface area (Å²) in [6.45, 7) is 1.76. The molecule has 0 amide bonds. The van der Waals surface area contributed by atoms with Crippen LogP contribution in [0.5, 0.6) is 0 Å². The zero-order valence-electron chi connectivity index (χ0n) is 15.5. The van der Waals surface area contributed by atoms with Gasteiger partial charge in [0.15, 0.2) is 12.4 Å². The van der Waals surface area contributed by atoms with Crippen molar-refractivity contribution in [1.29, 1.82) is 0 Å². The van der Waals surface area contributed by atoms with Gasteiger partial charge in [0.05, 0.1) is 10.5 Å². The Bertz CT molecular complexity index is 1060. The zero-order valence-corrected chi connectivity index (χ0v) is 15.5. The van der Waals surface area contributed by atoms with E-state index in [0.29, 0.717) is 0 Å². The Balaban J connectivity index is 1.72. The van der Waals surface area contributed by atoms with Crippen LogP contribution in [0.15, 0.2) is 48.5 Å². The van der Waals surface area contributed by atoms with Crippen molar-refractivity contribution >= 4 is 29.2 Å². The molecular formula is C19H18N6O4. The molecule has 0 aliphatic rings. The number of nitrogens with one attached hydrogen (secondary N) is 1. The van der Waals surface area contributed by atoms with E-state index in [2.05, 4.69) is 20.3 Å². The molecule has 3 N–H and O–H groups in total. The van der Waals surface area contributed by atoms with Gasteiger partial charge in [-0.3, -0.25) is 10.1 Å². The molecule has 0 aliphatic carbocycles. The van der Waals surface area contributed by atoms with Gasteiger partial charge in [0.2, 0.25) is 11.9 Å². The Hall–Kier alpha value is -4.08. The summed E-state index contributed by atoms with van der Waals surface area (Å²) >= 11 is 0. The van der Waals surface area contributed by atoms with Crippen molar-refractivity contribution in [2.24, 2.45) is 0 Å². The lowest BCUT2D eigenvalue weighted by Gasteiger charge is -2.11. The molecule has 29 heavy (non-hydrogen) atoms. The van der Waals surface area contributed by atoms with Gasteiger partial charge >= 0.3 is 5.97 Å². The summed E-state index contributed by atoms with van der Waals surface area (Å²) in [6, 6.07) is 12.9. The third-order valence-electron chi connectivity index (χ3n) is 3.97. The first kappa shape index (κ1) is 19.7. The largest absolute Gasteiger partial charge is 0.454 e. The minimum Gasteiger partial charge on any atom is -0.454 e. The SMILES string of the molecule is CCc1ccccc1Nc1nc(N)nc(COC(=O)c2cccc([N+](=O)[O-])c2)n1. The van der Waals surface area contributed by atoms with Crippen molar-refractivity contribution in [1.82, 2.24) is 15.0 Å². The van der Waals surface area contributed by atoms with Gasteiger partial charge in [-0.05, 0) is 24.1 Å². The standard InChI is InChI=1S/C19H18N6O4/c1-2-12-6-3-4-9-15(12)21-19-23-16(22-18(20)24-19)11-29-17(26)13-7-5-8-14(10-13)25(27)28/h3-10H,2,11H2,1H3,(H3,20,21,22,23,24). The number of nitrogen functional groups attached to an aromatic ring is 1. The molecule has 3 rings (SSSR count). The van der Waals surface area contributed by atoms with Crippen LogP contribution in [0.25, 0.3) is 0 Å². The van der Waals surface area contributed by atoms with E-state index in [9.17, 15) is 14.9 Å². The number of carbonyl (C=O) groups is 1. The minimum absolute atomic E-state index is 0.0297. The van der Waals surface area contributed by atoms with Crippen molar-refractivity contribution in [3.63, 3.8) is 0 Å². The molecule has 1 aromatic heterocycles. The van der Waals surface area contributed by atoms with Crippen molar-refractivity contribution in [2.45, 2.75) is 20.0 Å². The smallest absolute Gasteiger partial charge is 0.338 e. The zero-order chi connectivity index (χ0) is 20.8. The van der Waals surface area contributed by atoms with Crippen molar-refractivity contribution < 1.29 is 14.5 Å². The lowest BCUT2D eigenvalue weighted by molar-refractivity contribution is -0.384. The molecule has 10 nitrogen and oxygen atoms in total. The molecule has 0 bridgehead atoms. The summed E-state index contributed by atoms with van der Waals surface area (Å²) in [4.78, 5) is 34.6. The first-order chi connectivity index (χ1) is 14.0. The Kier molecular flexibility index (Phi) is 5.93. The van der Waals surface area contributed by atoms with Crippen LogP contribution < -0.4 is 11.1 Å². The Labute approximate surface area is 165 Å². The van der Waals surface area contributed by atoms with Gasteiger partial charge in [-0.2, -0.15) is 15.0 Å². The fraction of sp³-hybridized carbons (Fsp3) is 0.158. The molecule has 0 saturated carbocycles. The molecule has 0 fully saturated rings. The lowest BCUT2D eigenvalue weighted by Crippen LogP contribution is -2.11. The predicted octanol–water partition coefficient (Wildman–Crippen LogP) is 3.03. The second-order valence-electron chi connectivity index (χ2n) is 5.95. The van der Waals surface area contributed by atoms with E-state index in [4.69, 9.17) is 10.5 Å². The van der Waals surface area contributed by atoms with Crippen molar-refractivity contribution in [3.05, 3.63) is 75.6 Å². The number of benzene rings is 2. The minimum atomic E-state index is -0.737. The highest BCUT2D eigenvalue weighted by Gasteiger charge is 2.14. The van der Waals surface area contributed by atoms with Crippen molar-refractivity contribution in [3.8, 4) is 0 Å². The number of esters is 1. The van der Waals surface area contributed by atoms with Crippen LogP contribution in [0.2, 0.25) is 0 Å². The van der Waals surface area contributed by atoms with E-state index < -0.39 is 10.9 Å². The molecular weight excluding hydrogens is 376 g/mol. The Morgan fingerprint density at radius 3 is 2.72 bits per heavy atom. The van der Waals surface area contributed by atoms with Crippen LogP contribution in [-0.2, 0) is 17.8 Å². The highest BCUT2D eigenvalue weighted by Crippen LogP contribution is 2.20. The van der Waals surface area contributed by atoms with Crippen LogP contribution >= 0.6 is 0 Å². The molecule has 10 heteroatoms. The van der Waals surface area contributed by atoms with Gasteiger partial charge in [-0.15, -0.1) is 0 Å². The summed E-state index contributed by atoms with van der Waals surface area (Å²) in [7, 11) is 0. The van der Waals surface area contributed by atoms with E-state index in [0.717, 1.165) is 23.7 Å². The topological polar surface area (TPSA) is 146 Å². The van der Waals surface area contributed by atoms with Crippen LogP contribution in [0.3, 0.4) is 0 Å². The third-order valence-corrected chi connectivity index (χ3v) is 3.97. The molecule has 1 heterocycles. The molecule has 0 aliphatic heterocycles. The van der Waals surface area contributed by atoms with Crippen LogP contribution in [0, 0.1) is 10.1 Å². The fourth-order valence-electron chi connectivity index (χ4n) is 2.59. The van der Waals surface area contributed by atoms with Gasteiger partial charge < -0.3 is 15.8 Å². The molecule has 148 valence electrons. The quantitative estimate of drug-likeness (QED) is 0.350. The van der Waals surface area contributed by atoms with Crippen LogP contribution in [0.1, 0.15) is 28.7 Å². The number of non-ortho nitro benzene ring substituents is 1. The highest BCUT2D eigenvalue weighted by atomic mass is 16.6. The number of nitrogens with two attached hydrogens (primary N) is 1. The Morgan fingerprint density at radius 1 is 1.17 bits per heavy atom. The number of hydrogen-bond acceptors (Lipinski definition) is 9. The molecule has 0 radical (unpaired) electrons. The number of ether oxygens (including phenoxy) is 1. The average Bonchev–Trinajstić information content (AvgIpc) is 2.72. The van der Waals surface area contributed by atoms with Gasteiger partial charge in [-0.1, -0.05) is 31.2 Å². The number of nitro groups is 1. The number of rotatable bonds is 7. The number of aromatic nitrogens is 3. The van der Waals surface area contributed by atoms with E-state index in [1.807, 2.05) is 31.2 Å². The third kappa shape index (κ3) is 5.01. The number of hydrogen-bond donors (Lipinski definition) is 2. The van der Waals surface area contributed by atoms with Gasteiger partial charge in [0, 0.05) is 17.8 Å². The molecule has 2 aromatic carbocycles. The number of nitro benzene ring substituents is 1. The summed E-state index contributed by atoms with van der Waals surface area (Å²) in [5.41, 5.74) is 7.49. The van der Waals surface area contributed by atoms with E-state index in [1.54, 1.807) is 0 Å². The maximum absolute atomic E-state index is 12.2. The molecule has 0 atom stereocenters. The average molecular weight is 394 g/mol. The number of nitrogens with zero attached hydrogens (tertiary/aromatic N) is 4. The summed E-state index contributed by atoms with van der Waals surface area (Å²) in [5.74, 6) is -0.399.